The summed E-state index contributed by atoms with van der Waals surface area (Å²) < 4.78 is 29.0. The van der Waals surface area contributed by atoms with Crippen LogP contribution >= 0.6 is 11.5 Å². The number of nitrogens with zero attached hydrogens (tertiary/aromatic N) is 3. The molecule has 1 heterocycles. The second-order valence-corrected chi connectivity index (χ2v) is 8.22. The molecule has 0 spiro atoms. The van der Waals surface area contributed by atoms with Gasteiger partial charge in [-0.2, -0.15) is 4.37 Å². The van der Waals surface area contributed by atoms with E-state index in [0.29, 0.717) is 18.0 Å². The van der Waals surface area contributed by atoms with Gasteiger partial charge in [0.05, 0.1) is 5.75 Å². The molecule has 0 aliphatic carbocycles. The quantitative estimate of drug-likeness (QED) is 0.779. The normalized spacial score (nSPS) is 13.6. The zero-order valence-corrected chi connectivity index (χ0v) is 15.1. The van der Waals surface area contributed by atoms with Crippen LogP contribution in [-0.4, -0.2) is 56.7 Å². The predicted molar refractivity (Wildman–Crippen MR) is 89.9 cm³/mol. The number of rotatable bonds is 8. The van der Waals surface area contributed by atoms with E-state index in [9.17, 15) is 8.42 Å². The van der Waals surface area contributed by atoms with Crippen molar-refractivity contribution in [2.24, 2.45) is 0 Å². The molecule has 0 fully saturated rings. The molecular weight excluding hydrogens is 308 g/mol. The van der Waals surface area contributed by atoms with E-state index >= 15 is 0 Å². The first-order valence-corrected chi connectivity index (χ1v) is 9.56. The number of nitrogens with two attached hydrogens (primary N) is 1. The molecule has 0 amide bonds. The molecule has 0 aromatic carbocycles. The molecule has 2 N–H and O–H groups in total. The van der Waals surface area contributed by atoms with Gasteiger partial charge in [0.2, 0.25) is 0 Å². The van der Waals surface area contributed by atoms with E-state index in [4.69, 9.17) is 5.73 Å². The third-order valence-corrected chi connectivity index (χ3v) is 6.20. The Labute approximate surface area is 132 Å². The van der Waals surface area contributed by atoms with Gasteiger partial charge >= 0.3 is 0 Å². The maximum absolute atomic E-state index is 12.4. The summed E-state index contributed by atoms with van der Waals surface area (Å²) >= 11 is 1.17. The van der Waals surface area contributed by atoms with E-state index in [0.717, 1.165) is 6.54 Å². The Kier molecular flexibility index (Phi) is 6.42. The molecule has 6 nitrogen and oxygen atoms in total. The van der Waals surface area contributed by atoms with Gasteiger partial charge in [-0.1, -0.05) is 6.92 Å². The number of aromatic nitrogens is 1. The molecule has 1 rings (SSSR count). The molecule has 1 unspecified atom stereocenters. The molecule has 0 saturated carbocycles. The highest BCUT2D eigenvalue weighted by atomic mass is 32.2. The standard InChI is InChI=1S/C13H26N4O2S2/c1-6-8-21(18,19)11-12(14)15-20-13(11)17(7-2)10(3)9-16(4)5/h10H,6-9H2,1-5H3,(H2,14,15). The zero-order chi connectivity index (χ0) is 16.2. The Morgan fingerprint density at radius 2 is 1.95 bits per heavy atom. The molecule has 21 heavy (non-hydrogen) atoms. The van der Waals surface area contributed by atoms with Crippen LogP contribution in [0.1, 0.15) is 27.2 Å². The van der Waals surface area contributed by atoms with Crippen molar-refractivity contribution in [3.63, 3.8) is 0 Å². The van der Waals surface area contributed by atoms with Gasteiger partial charge in [-0.05, 0) is 45.9 Å². The predicted octanol–water partition coefficient (Wildman–Crippen LogP) is 1.69. The lowest BCUT2D eigenvalue weighted by Gasteiger charge is -2.31. The Morgan fingerprint density at radius 3 is 2.43 bits per heavy atom. The molecule has 122 valence electrons. The summed E-state index contributed by atoms with van der Waals surface area (Å²) in [6.45, 7) is 7.48. The minimum absolute atomic E-state index is 0.0994. The van der Waals surface area contributed by atoms with Crippen LogP contribution in [0.5, 0.6) is 0 Å². The number of sulfone groups is 1. The maximum atomic E-state index is 12.4. The summed E-state index contributed by atoms with van der Waals surface area (Å²) in [6, 6.07) is 0.181. The largest absolute Gasteiger partial charge is 0.382 e. The summed E-state index contributed by atoms with van der Waals surface area (Å²) in [5.41, 5.74) is 5.83. The number of hydrogen-bond donors (Lipinski definition) is 1. The number of anilines is 2. The number of likely N-dealkylation sites (N-methyl/N-ethyl adjacent to an activating group) is 2. The Hall–Kier alpha value is -0.860. The van der Waals surface area contributed by atoms with Crippen molar-refractivity contribution >= 4 is 32.2 Å². The molecule has 1 aromatic rings. The first kappa shape index (κ1) is 18.2. The second kappa shape index (κ2) is 7.42. The average molecular weight is 335 g/mol. The van der Waals surface area contributed by atoms with Crippen molar-refractivity contribution < 1.29 is 8.42 Å². The lowest BCUT2D eigenvalue weighted by molar-refractivity contribution is 0.373. The van der Waals surface area contributed by atoms with E-state index < -0.39 is 9.84 Å². The summed E-state index contributed by atoms with van der Waals surface area (Å²) in [5, 5.41) is 0.665. The molecule has 1 atom stereocenters. The summed E-state index contributed by atoms with van der Waals surface area (Å²) in [5.74, 6) is 0.223. The van der Waals surface area contributed by atoms with Gasteiger partial charge in [0.25, 0.3) is 0 Å². The molecule has 0 aliphatic heterocycles. The van der Waals surface area contributed by atoms with Gasteiger partial charge in [-0.15, -0.1) is 0 Å². The van der Waals surface area contributed by atoms with Crippen LogP contribution in [0.2, 0.25) is 0 Å². The third kappa shape index (κ3) is 4.31. The molecule has 8 heteroatoms. The van der Waals surface area contributed by atoms with Crippen LogP contribution in [0.15, 0.2) is 4.90 Å². The topological polar surface area (TPSA) is 79.5 Å². The van der Waals surface area contributed by atoms with Gasteiger partial charge in [0, 0.05) is 19.1 Å². The number of hydrogen-bond acceptors (Lipinski definition) is 7. The fourth-order valence-electron chi connectivity index (χ4n) is 2.41. The van der Waals surface area contributed by atoms with Gasteiger partial charge in [0.1, 0.15) is 9.90 Å². The zero-order valence-electron chi connectivity index (χ0n) is 13.5. The van der Waals surface area contributed by atoms with Crippen molar-refractivity contribution in [3.05, 3.63) is 0 Å². The first-order chi connectivity index (χ1) is 9.74. The van der Waals surface area contributed by atoms with Crippen molar-refractivity contribution in [3.8, 4) is 0 Å². The third-order valence-electron chi connectivity index (χ3n) is 3.20. The SMILES string of the molecule is CCCS(=O)(=O)c1c(N)nsc1N(CC)C(C)CN(C)C. The highest BCUT2D eigenvalue weighted by Gasteiger charge is 2.29. The monoisotopic (exact) mass is 334 g/mol. The summed E-state index contributed by atoms with van der Waals surface area (Å²) in [4.78, 5) is 4.36. The van der Waals surface area contributed by atoms with Crippen LogP contribution in [0.4, 0.5) is 10.8 Å². The van der Waals surface area contributed by atoms with Crippen LogP contribution in [0, 0.1) is 0 Å². The molecule has 0 bridgehead atoms. The summed E-state index contributed by atoms with van der Waals surface area (Å²) in [7, 11) is 0.622. The Bertz CT molecular complexity index is 555. The molecule has 0 aliphatic rings. The summed E-state index contributed by atoms with van der Waals surface area (Å²) in [6.07, 6.45) is 0.566. The molecule has 0 radical (unpaired) electrons. The molecule has 1 aromatic heterocycles. The fraction of sp³-hybridized carbons (Fsp3) is 0.769. The second-order valence-electron chi connectivity index (χ2n) is 5.42. The molecule has 0 saturated heterocycles. The minimum Gasteiger partial charge on any atom is -0.382 e. The fourth-order valence-corrected chi connectivity index (χ4v) is 5.33. The lowest BCUT2D eigenvalue weighted by atomic mass is 10.2. The van der Waals surface area contributed by atoms with Gasteiger partial charge < -0.3 is 15.5 Å². The van der Waals surface area contributed by atoms with Crippen LogP contribution in [-0.2, 0) is 9.84 Å². The van der Waals surface area contributed by atoms with Crippen molar-refractivity contribution in [2.75, 3.05) is 43.6 Å². The van der Waals surface area contributed by atoms with Crippen molar-refractivity contribution in [1.29, 1.82) is 0 Å². The van der Waals surface area contributed by atoms with E-state index in [2.05, 4.69) is 21.1 Å². The smallest absolute Gasteiger partial charge is 0.185 e. The average Bonchev–Trinajstić information content (AvgIpc) is 2.71. The number of nitrogen functional groups attached to an aromatic ring is 1. The van der Waals surface area contributed by atoms with E-state index in [-0.39, 0.29) is 22.5 Å². The van der Waals surface area contributed by atoms with Crippen molar-refractivity contribution in [1.82, 2.24) is 9.27 Å². The van der Waals surface area contributed by atoms with E-state index in [1.54, 1.807) is 0 Å². The first-order valence-electron chi connectivity index (χ1n) is 7.13. The van der Waals surface area contributed by atoms with Crippen LogP contribution in [0.25, 0.3) is 0 Å². The molecular formula is C13H26N4O2S2. The highest BCUT2D eigenvalue weighted by molar-refractivity contribution is 7.91. The van der Waals surface area contributed by atoms with Gasteiger partial charge in [0.15, 0.2) is 15.7 Å². The lowest BCUT2D eigenvalue weighted by Crippen LogP contribution is -2.40. The highest BCUT2D eigenvalue weighted by Crippen LogP contribution is 2.36. The Morgan fingerprint density at radius 1 is 1.33 bits per heavy atom. The van der Waals surface area contributed by atoms with Crippen LogP contribution in [0.3, 0.4) is 0 Å². The van der Waals surface area contributed by atoms with Crippen molar-refractivity contribution in [2.45, 2.75) is 38.1 Å². The van der Waals surface area contributed by atoms with Gasteiger partial charge in [-0.25, -0.2) is 8.42 Å². The van der Waals surface area contributed by atoms with Crippen LogP contribution < -0.4 is 10.6 Å². The maximum Gasteiger partial charge on any atom is 0.185 e. The minimum atomic E-state index is -3.38. The van der Waals surface area contributed by atoms with E-state index in [1.165, 1.54) is 11.5 Å². The Balaban J connectivity index is 3.24. The van der Waals surface area contributed by atoms with Gasteiger partial charge in [-0.3, -0.25) is 0 Å². The van der Waals surface area contributed by atoms with E-state index in [1.807, 2.05) is 27.9 Å².